The van der Waals surface area contributed by atoms with Gasteiger partial charge in [-0.1, -0.05) is 30.4 Å². The van der Waals surface area contributed by atoms with E-state index in [1.165, 1.54) is 19.3 Å². The molecule has 0 aromatic heterocycles. The highest BCUT2D eigenvalue weighted by molar-refractivity contribution is 5.80. The minimum absolute atomic E-state index is 0.0480. The number of carbonyl (C=O) groups is 1. The van der Waals surface area contributed by atoms with Crippen LogP contribution in [0.4, 0.5) is 0 Å². The van der Waals surface area contributed by atoms with Gasteiger partial charge in [0.2, 0.25) is 0 Å². The molecule has 1 aromatic carbocycles. The normalized spacial score (nSPS) is 11.1. The smallest absolute Gasteiger partial charge is 0.328 e. The van der Waals surface area contributed by atoms with Crippen molar-refractivity contribution in [2.45, 2.75) is 0 Å². The number of hydrogen-bond acceptors (Lipinski definition) is 3. The number of methoxy groups -OCH3 is 1. The first-order valence-electron chi connectivity index (χ1n) is 4.59. The molecule has 0 amide bonds. The summed E-state index contributed by atoms with van der Waals surface area (Å²) in [6, 6.07) is 4.95. The molecule has 0 spiro atoms. The van der Waals surface area contributed by atoms with E-state index < -0.39 is 5.97 Å². The van der Waals surface area contributed by atoms with Crippen molar-refractivity contribution >= 4 is 12.0 Å². The van der Waals surface area contributed by atoms with E-state index in [4.69, 9.17) is 9.84 Å². The molecular weight excluding hydrogens is 208 g/mol. The van der Waals surface area contributed by atoms with Gasteiger partial charge in [-0.2, -0.15) is 0 Å². The zero-order valence-corrected chi connectivity index (χ0v) is 8.75. The minimum atomic E-state index is -1.01. The molecule has 16 heavy (non-hydrogen) atoms. The molecule has 2 N–H and O–H groups in total. The molecule has 1 aromatic rings. The van der Waals surface area contributed by atoms with Gasteiger partial charge in [-0.3, -0.25) is 0 Å². The van der Waals surface area contributed by atoms with E-state index in [0.717, 1.165) is 6.08 Å². The third-order valence-electron chi connectivity index (χ3n) is 1.85. The fraction of sp³-hybridized carbons (Fsp3) is 0.0833. The fourth-order valence-corrected chi connectivity index (χ4v) is 1.19. The lowest BCUT2D eigenvalue weighted by Crippen LogP contribution is -1.87. The summed E-state index contributed by atoms with van der Waals surface area (Å²) in [7, 11) is 1.46. The van der Waals surface area contributed by atoms with Crippen molar-refractivity contribution < 1.29 is 19.7 Å². The molecule has 0 aliphatic rings. The third kappa shape index (κ3) is 3.16. The Balaban J connectivity index is 2.88. The van der Waals surface area contributed by atoms with Crippen molar-refractivity contribution in [1.82, 2.24) is 0 Å². The monoisotopic (exact) mass is 220 g/mol. The SMILES string of the molecule is COc1c(O)cccc1C=CC=CC(=O)O. The number of carboxylic acid groups (broad SMARTS) is 1. The standard InChI is InChI=1S/C12H12O4/c1-16-12-9(6-4-7-10(12)13)5-2-3-8-11(14)15/h2-8,13H,1H3,(H,14,15). The molecule has 0 aliphatic carbocycles. The molecule has 4 heteroatoms. The van der Waals surface area contributed by atoms with E-state index >= 15 is 0 Å². The number of para-hydroxylation sites is 1. The number of aromatic hydroxyl groups is 1. The van der Waals surface area contributed by atoms with Gasteiger partial charge >= 0.3 is 5.97 Å². The van der Waals surface area contributed by atoms with Crippen LogP contribution in [-0.2, 0) is 4.79 Å². The van der Waals surface area contributed by atoms with Gasteiger partial charge in [-0.05, 0) is 6.07 Å². The molecule has 0 unspecified atom stereocenters. The van der Waals surface area contributed by atoms with Gasteiger partial charge in [0.15, 0.2) is 11.5 Å². The van der Waals surface area contributed by atoms with Crippen molar-refractivity contribution in [3.8, 4) is 11.5 Å². The fourth-order valence-electron chi connectivity index (χ4n) is 1.19. The lowest BCUT2D eigenvalue weighted by molar-refractivity contribution is -0.131. The van der Waals surface area contributed by atoms with Crippen LogP contribution in [0.3, 0.4) is 0 Å². The Morgan fingerprint density at radius 2 is 2.12 bits per heavy atom. The first kappa shape index (κ1) is 11.8. The highest BCUT2D eigenvalue weighted by atomic mass is 16.5. The Labute approximate surface area is 93.1 Å². The third-order valence-corrected chi connectivity index (χ3v) is 1.85. The number of benzene rings is 1. The Morgan fingerprint density at radius 3 is 2.75 bits per heavy atom. The first-order chi connectivity index (χ1) is 7.65. The number of hydrogen-bond donors (Lipinski definition) is 2. The number of phenolic OH excluding ortho intramolecular Hbond substituents is 1. The number of allylic oxidation sites excluding steroid dienone is 2. The minimum Gasteiger partial charge on any atom is -0.504 e. The maximum Gasteiger partial charge on any atom is 0.328 e. The highest BCUT2D eigenvalue weighted by Crippen LogP contribution is 2.30. The molecule has 0 saturated carbocycles. The van der Waals surface area contributed by atoms with Crippen molar-refractivity contribution in [3.05, 3.63) is 42.0 Å². The van der Waals surface area contributed by atoms with Crippen LogP contribution in [0.15, 0.2) is 36.4 Å². The van der Waals surface area contributed by atoms with Crippen LogP contribution in [0.5, 0.6) is 11.5 Å². The molecule has 0 atom stereocenters. The number of phenols is 1. The molecule has 0 aliphatic heterocycles. The van der Waals surface area contributed by atoms with Crippen molar-refractivity contribution in [2.24, 2.45) is 0 Å². The molecular formula is C12H12O4. The maximum atomic E-state index is 10.2. The van der Waals surface area contributed by atoms with Crippen LogP contribution >= 0.6 is 0 Å². The average molecular weight is 220 g/mol. The number of ether oxygens (including phenoxy) is 1. The van der Waals surface area contributed by atoms with Gasteiger partial charge in [0.25, 0.3) is 0 Å². The van der Waals surface area contributed by atoms with E-state index in [1.54, 1.807) is 24.3 Å². The van der Waals surface area contributed by atoms with Gasteiger partial charge < -0.3 is 14.9 Å². The predicted molar refractivity (Wildman–Crippen MR) is 60.5 cm³/mol. The van der Waals surface area contributed by atoms with Crippen molar-refractivity contribution in [2.75, 3.05) is 7.11 Å². The van der Waals surface area contributed by atoms with E-state index in [0.29, 0.717) is 11.3 Å². The van der Waals surface area contributed by atoms with E-state index in [1.807, 2.05) is 0 Å². The van der Waals surface area contributed by atoms with Crippen LogP contribution in [-0.4, -0.2) is 23.3 Å². The number of aliphatic carboxylic acids is 1. The van der Waals surface area contributed by atoms with E-state index in [9.17, 15) is 9.90 Å². The second-order valence-corrected chi connectivity index (χ2v) is 2.96. The Hall–Kier alpha value is -2.23. The summed E-state index contributed by atoms with van der Waals surface area (Å²) in [5, 5.41) is 17.8. The summed E-state index contributed by atoms with van der Waals surface area (Å²) in [4.78, 5) is 10.2. The van der Waals surface area contributed by atoms with E-state index in [-0.39, 0.29) is 5.75 Å². The summed E-state index contributed by atoms with van der Waals surface area (Å²) in [6.45, 7) is 0. The van der Waals surface area contributed by atoms with Crippen molar-refractivity contribution in [1.29, 1.82) is 0 Å². The molecule has 4 nitrogen and oxygen atoms in total. The van der Waals surface area contributed by atoms with E-state index in [2.05, 4.69) is 0 Å². The summed E-state index contributed by atoms with van der Waals surface area (Å²) >= 11 is 0. The Bertz CT molecular complexity index is 433. The molecule has 0 saturated heterocycles. The van der Waals surface area contributed by atoms with Gasteiger partial charge in [-0.15, -0.1) is 0 Å². The zero-order chi connectivity index (χ0) is 12.0. The number of carboxylic acids is 1. The van der Waals surface area contributed by atoms with Crippen LogP contribution < -0.4 is 4.74 Å². The van der Waals surface area contributed by atoms with Gasteiger partial charge in [-0.25, -0.2) is 4.79 Å². The Kier molecular flexibility index (Phi) is 4.15. The largest absolute Gasteiger partial charge is 0.504 e. The zero-order valence-electron chi connectivity index (χ0n) is 8.75. The van der Waals surface area contributed by atoms with Gasteiger partial charge in [0, 0.05) is 11.6 Å². The summed E-state index contributed by atoms with van der Waals surface area (Å²) in [5.74, 6) is -0.595. The van der Waals surface area contributed by atoms with Crippen LogP contribution in [0.2, 0.25) is 0 Å². The Morgan fingerprint density at radius 1 is 1.38 bits per heavy atom. The number of rotatable bonds is 4. The topological polar surface area (TPSA) is 66.8 Å². The maximum absolute atomic E-state index is 10.2. The van der Waals surface area contributed by atoms with Gasteiger partial charge in [0.1, 0.15) is 0 Å². The second kappa shape index (κ2) is 5.60. The lowest BCUT2D eigenvalue weighted by Gasteiger charge is -2.05. The summed E-state index contributed by atoms with van der Waals surface area (Å²) < 4.78 is 5.01. The first-order valence-corrected chi connectivity index (χ1v) is 4.59. The average Bonchev–Trinajstić information content (AvgIpc) is 2.24. The van der Waals surface area contributed by atoms with Gasteiger partial charge in [0.05, 0.1) is 7.11 Å². The summed E-state index contributed by atoms with van der Waals surface area (Å²) in [6.07, 6.45) is 5.63. The highest BCUT2D eigenvalue weighted by Gasteiger charge is 2.03. The predicted octanol–water partition coefficient (Wildman–Crippen LogP) is 2.05. The summed E-state index contributed by atoms with van der Waals surface area (Å²) in [5.41, 5.74) is 0.678. The van der Waals surface area contributed by atoms with Crippen LogP contribution in [0, 0.1) is 0 Å². The van der Waals surface area contributed by atoms with Crippen molar-refractivity contribution in [3.63, 3.8) is 0 Å². The second-order valence-electron chi connectivity index (χ2n) is 2.96. The van der Waals surface area contributed by atoms with Crippen LogP contribution in [0.25, 0.3) is 6.08 Å². The van der Waals surface area contributed by atoms with Crippen LogP contribution in [0.1, 0.15) is 5.56 Å². The lowest BCUT2D eigenvalue weighted by atomic mass is 10.1. The molecule has 0 bridgehead atoms. The quantitative estimate of drug-likeness (QED) is 0.602. The molecule has 0 radical (unpaired) electrons. The molecule has 84 valence electrons. The molecule has 0 heterocycles. The molecule has 0 fully saturated rings. The molecule has 1 rings (SSSR count).